The summed E-state index contributed by atoms with van der Waals surface area (Å²) in [5.41, 5.74) is 6.58. The molecule has 0 atom stereocenters. The number of aryl methyl sites for hydroxylation is 1. The fraction of sp³-hybridized carbons (Fsp3) is 0.519. The van der Waals surface area contributed by atoms with Crippen molar-refractivity contribution in [2.45, 2.75) is 66.3 Å². The van der Waals surface area contributed by atoms with Crippen molar-refractivity contribution in [3.63, 3.8) is 0 Å². The van der Waals surface area contributed by atoms with Gasteiger partial charge >= 0.3 is 0 Å². The van der Waals surface area contributed by atoms with Crippen LogP contribution in [0.4, 0.5) is 5.69 Å². The van der Waals surface area contributed by atoms with Crippen LogP contribution in [-0.4, -0.2) is 47.7 Å². The molecule has 0 bridgehead atoms. The molecule has 1 N–H and O–H groups in total. The Morgan fingerprint density at radius 1 is 1.18 bits per heavy atom. The van der Waals surface area contributed by atoms with Gasteiger partial charge in [0.1, 0.15) is 17.3 Å². The SMILES string of the molecule is CCOc1c(C)nc2c(c1C)CN(CC(=O)c1ccc(N3CCCC3)c(C(C)(C)C)c1)C2=N. The van der Waals surface area contributed by atoms with E-state index in [2.05, 4.69) is 42.8 Å². The fourth-order valence-electron chi connectivity index (χ4n) is 4.98. The Balaban J connectivity index is 1.58. The molecule has 0 radical (unpaired) electrons. The molecule has 2 aromatic rings. The predicted molar refractivity (Wildman–Crippen MR) is 133 cm³/mol. The quantitative estimate of drug-likeness (QED) is 0.629. The minimum Gasteiger partial charge on any atom is -0.492 e. The van der Waals surface area contributed by atoms with Crippen molar-refractivity contribution in [1.82, 2.24) is 9.88 Å². The number of nitrogens with one attached hydrogen (secondary N) is 1. The molecule has 6 heteroatoms. The number of hydrogen-bond donors (Lipinski definition) is 1. The van der Waals surface area contributed by atoms with Crippen LogP contribution in [0.15, 0.2) is 18.2 Å². The minimum absolute atomic E-state index is 0.0328. The maximum Gasteiger partial charge on any atom is 0.182 e. The molecular weight excluding hydrogens is 412 g/mol. The number of Topliss-reactive ketones (excluding diaryl/α,β-unsaturated/α-hetero) is 1. The van der Waals surface area contributed by atoms with Gasteiger partial charge in [-0.3, -0.25) is 10.2 Å². The van der Waals surface area contributed by atoms with Gasteiger partial charge in [0.25, 0.3) is 0 Å². The lowest BCUT2D eigenvalue weighted by molar-refractivity contribution is 0.0962. The summed E-state index contributed by atoms with van der Waals surface area (Å²) in [4.78, 5) is 22.2. The maximum atomic E-state index is 13.3. The highest BCUT2D eigenvalue weighted by atomic mass is 16.5. The van der Waals surface area contributed by atoms with E-state index in [1.54, 1.807) is 0 Å². The Hall–Kier alpha value is -2.89. The Bertz CT molecular complexity index is 1090. The fourth-order valence-corrected chi connectivity index (χ4v) is 4.98. The molecule has 6 nitrogen and oxygen atoms in total. The summed E-state index contributed by atoms with van der Waals surface area (Å²) in [5, 5.41) is 8.66. The highest BCUT2D eigenvalue weighted by Gasteiger charge is 2.32. The normalized spacial score (nSPS) is 15.9. The second-order valence-electron chi connectivity index (χ2n) is 10.2. The van der Waals surface area contributed by atoms with Gasteiger partial charge < -0.3 is 14.5 Å². The lowest BCUT2D eigenvalue weighted by Gasteiger charge is -2.29. The van der Waals surface area contributed by atoms with E-state index >= 15 is 0 Å². The minimum atomic E-state index is -0.0565. The molecule has 1 aromatic heterocycles. The number of amidine groups is 1. The molecule has 0 saturated carbocycles. The first-order valence-electron chi connectivity index (χ1n) is 12.0. The number of ether oxygens (including phenoxy) is 1. The van der Waals surface area contributed by atoms with Crippen LogP contribution in [0.25, 0.3) is 0 Å². The molecule has 4 rings (SSSR count). The molecule has 0 unspecified atom stereocenters. The van der Waals surface area contributed by atoms with Crippen molar-refractivity contribution in [2.75, 3.05) is 31.1 Å². The van der Waals surface area contributed by atoms with Gasteiger partial charge in [-0.1, -0.05) is 20.8 Å². The first-order chi connectivity index (χ1) is 15.6. The Kier molecular flexibility index (Phi) is 6.21. The molecule has 0 amide bonds. The number of carbonyl (C=O) groups excluding carboxylic acids is 1. The Morgan fingerprint density at radius 2 is 1.88 bits per heavy atom. The number of benzene rings is 1. The van der Waals surface area contributed by atoms with Gasteiger partial charge in [-0.15, -0.1) is 0 Å². The average Bonchev–Trinajstić information content (AvgIpc) is 3.40. The number of fused-ring (bicyclic) bond motifs is 1. The number of carbonyl (C=O) groups is 1. The number of nitrogens with zero attached hydrogens (tertiary/aromatic N) is 3. The van der Waals surface area contributed by atoms with Gasteiger partial charge in [0.2, 0.25) is 0 Å². The number of ketones is 1. The van der Waals surface area contributed by atoms with Crippen molar-refractivity contribution in [2.24, 2.45) is 0 Å². The van der Waals surface area contributed by atoms with Gasteiger partial charge in [0, 0.05) is 42.0 Å². The van der Waals surface area contributed by atoms with Crippen LogP contribution in [0.2, 0.25) is 0 Å². The van der Waals surface area contributed by atoms with E-state index in [4.69, 9.17) is 10.1 Å². The lowest BCUT2D eigenvalue weighted by Crippen LogP contribution is -2.31. The van der Waals surface area contributed by atoms with Crippen molar-refractivity contribution in [3.05, 3.63) is 51.8 Å². The molecule has 1 fully saturated rings. The van der Waals surface area contributed by atoms with Crippen LogP contribution in [0, 0.1) is 19.3 Å². The number of pyridine rings is 1. The predicted octanol–water partition coefficient (Wildman–Crippen LogP) is 5.02. The van der Waals surface area contributed by atoms with Gasteiger partial charge in [0.15, 0.2) is 5.78 Å². The molecule has 2 aliphatic rings. The number of hydrogen-bond acceptors (Lipinski definition) is 5. The highest BCUT2D eigenvalue weighted by molar-refractivity contribution is 6.04. The van der Waals surface area contributed by atoms with E-state index in [1.807, 2.05) is 31.7 Å². The topological polar surface area (TPSA) is 69.5 Å². The zero-order valence-corrected chi connectivity index (χ0v) is 20.8. The van der Waals surface area contributed by atoms with Gasteiger partial charge in [-0.05, 0) is 62.8 Å². The van der Waals surface area contributed by atoms with E-state index in [9.17, 15) is 4.79 Å². The van der Waals surface area contributed by atoms with Gasteiger partial charge in [0.05, 0.1) is 18.8 Å². The molecule has 176 valence electrons. The van der Waals surface area contributed by atoms with E-state index in [0.29, 0.717) is 30.2 Å². The average molecular weight is 449 g/mol. The van der Waals surface area contributed by atoms with E-state index in [-0.39, 0.29) is 17.7 Å². The van der Waals surface area contributed by atoms with Crippen molar-refractivity contribution in [1.29, 1.82) is 5.41 Å². The molecule has 0 aliphatic carbocycles. The van der Waals surface area contributed by atoms with Crippen molar-refractivity contribution in [3.8, 4) is 5.75 Å². The maximum absolute atomic E-state index is 13.3. The summed E-state index contributed by atoms with van der Waals surface area (Å²) in [7, 11) is 0. The summed E-state index contributed by atoms with van der Waals surface area (Å²) in [6, 6.07) is 6.15. The van der Waals surface area contributed by atoms with Crippen LogP contribution in [0.5, 0.6) is 5.75 Å². The first kappa shape index (κ1) is 23.3. The Morgan fingerprint density at radius 3 is 2.52 bits per heavy atom. The second kappa shape index (κ2) is 8.81. The zero-order chi connectivity index (χ0) is 23.9. The molecular formula is C27H36N4O2. The summed E-state index contributed by atoms with van der Waals surface area (Å²) in [6.07, 6.45) is 2.44. The summed E-state index contributed by atoms with van der Waals surface area (Å²) in [6.45, 7) is 15.9. The van der Waals surface area contributed by atoms with E-state index in [1.165, 1.54) is 24.1 Å². The third-order valence-electron chi connectivity index (χ3n) is 6.77. The van der Waals surface area contributed by atoms with E-state index in [0.717, 1.165) is 35.7 Å². The van der Waals surface area contributed by atoms with Gasteiger partial charge in [-0.2, -0.15) is 0 Å². The van der Waals surface area contributed by atoms with Crippen LogP contribution < -0.4 is 9.64 Å². The highest BCUT2D eigenvalue weighted by Crippen LogP contribution is 2.36. The van der Waals surface area contributed by atoms with Crippen molar-refractivity contribution >= 4 is 17.3 Å². The van der Waals surface area contributed by atoms with Crippen LogP contribution >= 0.6 is 0 Å². The van der Waals surface area contributed by atoms with Crippen molar-refractivity contribution < 1.29 is 9.53 Å². The third kappa shape index (κ3) is 4.35. The number of aromatic nitrogens is 1. The monoisotopic (exact) mass is 448 g/mol. The largest absolute Gasteiger partial charge is 0.492 e. The van der Waals surface area contributed by atoms with Crippen LogP contribution in [-0.2, 0) is 12.0 Å². The molecule has 0 spiro atoms. The van der Waals surface area contributed by atoms with E-state index < -0.39 is 0 Å². The number of anilines is 1. The zero-order valence-electron chi connectivity index (χ0n) is 20.8. The molecule has 3 heterocycles. The molecule has 2 aliphatic heterocycles. The summed E-state index contributed by atoms with van der Waals surface area (Å²) >= 11 is 0. The lowest BCUT2D eigenvalue weighted by atomic mass is 9.84. The van der Waals surface area contributed by atoms with Gasteiger partial charge in [-0.25, -0.2) is 4.98 Å². The Labute approximate surface area is 197 Å². The smallest absolute Gasteiger partial charge is 0.182 e. The summed E-state index contributed by atoms with van der Waals surface area (Å²) in [5.74, 6) is 1.15. The molecule has 1 aromatic carbocycles. The van der Waals surface area contributed by atoms with Crippen LogP contribution in [0.3, 0.4) is 0 Å². The second-order valence-corrected chi connectivity index (χ2v) is 10.2. The number of rotatable bonds is 6. The summed E-state index contributed by atoms with van der Waals surface area (Å²) < 4.78 is 5.79. The molecule has 33 heavy (non-hydrogen) atoms. The third-order valence-corrected chi connectivity index (χ3v) is 6.77. The standard InChI is InChI=1S/C27H36N4O2/c1-7-33-25-17(2)20-15-31(26(28)24(20)29-18(25)3)16-23(32)19-10-11-22(30-12-8-9-13-30)21(14-19)27(4,5)6/h10-11,14,28H,7-9,12-13,15-16H2,1-6H3. The molecule has 1 saturated heterocycles. The first-order valence-corrected chi connectivity index (χ1v) is 12.0. The van der Waals surface area contributed by atoms with Crippen LogP contribution in [0.1, 0.15) is 79.0 Å².